The zero-order valence-corrected chi connectivity index (χ0v) is 11.5. The highest BCUT2D eigenvalue weighted by Crippen LogP contribution is 2.37. The molecule has 0 radical (unpaired) electrons. The standard InChI is InChI=1S/C16H19NO2/c1-5-9-16(12-17,10-6-2)13-7-8-14(18-3)15(11-13)19-4/h5-8,11H,1-2,9-10H2,3-4H3. The van der Waals surface area contributed by atoms with Gasteiger partial charge in [0.1, 0.15) is 0 Å². The lowest BCUT2D eigenvalue weighted by molar-refractivity contribution is 0.353. The fourth-order valence-corrected chi connectivity index (χ4v) is 2.10. The summed E-state index contributed by atoms with van der Waals surface area (Å²) in [5.74, 6) is 1.27. The fourth-order valence-electron chi connectivity index (χ4n) is 2.10. The van der Waals surface area contributed by atoms with Crippen LogP contribution in [0.3, 0.4) is 0 Å². The van der Waals surface area contributed by atoms with Crippen LogP contribution in [-0.4, -0.2) is 14.2 Å². The van der Waals surface area contributed by atoms with Crippen LogP contribution in [0, 0.1) is 11.3 Å². The first-order valence-electron chi connectivity index (χ1n) is 6.03. The molecule has 0 heterocycles. The van der Waals surface area contributed by atoms with Crippen molar-refractivity contribution in [1.29, 1.82) is 5.26 Å². The van der Waals surface area contributed by atoms with E-state index in [2.05, 4.69) is 19.2 Å². The van der Waals surface area contributed by atoms with Crippen LogP contribution in [0.25, 0.3) is 0 Å². The quantitative estimate of drug-likeness (QED) is 0.701. The largest absolute Gasteiger partial charge is 0.493 e. The molecule has 3 heteroatoms. The highest BCUT2D eigenvalue weighted by Gasteiger charge is 2.30. The molecule has 0 spiro atoms. The van der Waals surface area contributed by atoms with Crippen molar-refractivity contribution in [2.45, 2.75) is 18.3 Å². The molecule has 0 aliphatic rings. The summed E-state index contributed by atoms with van der Waals surface area (Å²) in [7, 11) is 3.17. The summed E-state index contributed by atoms with van der Waals surface area (Å²) >= 11 is 0. The monoisotopic (exact) mass is 257 g/mol. The summed E-state index contributed by atoms with van der Waals surface area (Å²) in [6, 6.07) is 7.92. The van der Waals surface area contributed by atoms with Gasteiger partial charge in [-0.1, -0.05) is 18.2 Å². The molecule has 100 valence electrons. The lowest BCUT2D eigenvalue weighted by atomic mass is 9.76. The molecule has 0 aromatic heterocycles. The Bertz CT molecular complexity index is 490. The number of methoxy groups -OCH3 is 2. The van der Waals surface area contributed by atoms with Gasteiger partial charge in [0.15, 0.2) is 11.5 Å². The fraction of sp³-hybridized carbons (Fsp3) is 0.312. The van der Waals surface area contributed by atoms with Gasteiger partial charge in [0.05, 0.1) is 25.7 Å². The van der Waals surface area contributed by atoms with Crippen LogP contribution in [0.5, 0.6) is 11.5 Å². The zero-order valence-electron chi connectivity index (χ0n) is 11.5. The van der Waals surface area contributed by atoms with E-state index >= 15 is 0 Å². The van der Waals surface area contributed by atoms with Crippen LogP contribution in [0.4, 0.5) is 0 Å². The van der Waals surface area contributed by atoms with Crippen LogP contribution in [0.1, 0.15) is 18.4 Å². The van der Waals surface area contributed by atoms with Gasteiger partial charge < -0.3 is 9.47 Å². The number of hydrogen-bond donors (Lipinski definition) is 0. The molecular weight excluding hydrogens is 238 g/mol. The minimum Gasteiger partial charge on any atom is -0.493 e. The van der Waals surface area contributed by atoms with Crippen LogP contribution >= 0.6 is 0 Å². The molecule has 3 nitrogen and oxygen atoms in total. The third kappa shape index (κ3) is 2.97. The molecular formula is C16H19NO2. The summed E-state index contributed by atoms with van der Waals surface area (Å²) in [4.78, 5) is 0. The molecule has 1 aromatic carbocycles. The lowest BCUT2D eigenvalue weighted by Gasteiger charge is -2.25. The molecule has 0 unspecified atom stereocenters. The normalized spacial score (nSPS) is 10.4. The predicted molar refractivity (Wildman–Crippen MR) is 76.5 cm³/mol. The van der Waals surface area contributed by atoms with E-state index in [9.17, 15) is 5.26 Å². The zero-order chi connectivity index (χ0) is 14.3. The van der Waals surface area contributed by atoms with Gasteiger partial charge in [-0.15, -0.1) is 13.2 Å². The van der Waals surface area contributed by atoms with Crippen LogP contribution in [0.2, 0.25) is 0 Å². The van der Waals surface area contributed by atoms with E-state index in [1.54, 1.807) is 26.4 Å². The van der Waals surface area contributed by atoms with E-state index in [1.807, 2.05) is 18.2 Å². The Kier molecular flexibility index (Phi) is 5.20. The second-order valence-electron chi connectivity index (χ2n) is 4.25. The second kappa shape index (κ2) is 6.65. The molecule has 0 saturated heterocycles. The van der Waals surface area contributed by atoms with E-state index in [0.717, 1.165) is 5.56 Å². The lowest BCUT2D eigenvalue weighted by Crippen LogP contribution is -2.22. The number of rotatable bonds is 7. The van der Waals surface area contributed by atoms with E-state index in [4.69, 9.17) is 9.47 Å². The van der Waals surface area contributed by atoms with Gasteiger partial charge in [0, 0.05) is 0 Å². The van der Waals surface area contributed by atoms with E-state index in [0.29, 0.717) is 24.3 Å². The molecule has 0 aliphatic heterocycles. The van der Waals surface area contributed by atoms with Gasteiger partial charge in [0.25, 0.3) is 0 Å². The maximum atomic E-state index is 9.56. The Morgan fingerprint density at radius 3 is 2.16 bits per heavy atom. The van der Waals surface area contributed by atoms with Crippen molar-refractivity contribution in [2.24, 2.45) is 0 Å². The first-order chi connectivity index (χ1) is 9.17. The molecule has 1 aromatic rings. The van der Waals surface area contributed by atoms with Crippen LogP contribution in [0.15, 0.2) is 43.5 Å². The minimum absolute atomic E-state index is 0.561. The van der Waals surface area contributed by atoms with Gasteiger partial charge >= 0.3 is 0 Å². The van der Waals surface area contributed by atoms with Crippen molar-refractivity contribution < 1.29 is 9.47 Å². The molecule has 0 atom stereocenters. The molecule has 0 fully saturated rings. The number of allylic oxidation sites excluding steroid dienone is 2. The average molecular weight is 257 g/mol. The van der Waals surface area contributed by atoms with Gasteiger partial charge in [-0.2, -0.15) is 5.26 Å². The van der Waals surface area contributed by atoms with Crippen molar-refractivity contribution in [2.75, 3.05) is 14.2 Å². The van der Waals surface area contributed by atoms with Gasteiger partial charge in [-0.05, 0) is 30.5 Å². The van der Waals surface area contributed by atoms with Gasteiger partial charge in [-0.3, -0.25) is 0 Å². The number of benzene rings is 1. The summed E-state index contributed by atoms with van der Waals surface area (Å²) in [6.07, 6.45) is 4.63. The summed E-state index contributed by atoms with van der Waals surface area (Å²) in [5, 5.41) is 9.56. The van der Waals surface area contributed by atoms with Crippen molar-refractivity contribution in [1.82, 2.24) is 0 Å². The van der Waals surface area contributed by atoms with Crippen molar-refractivity contribution in [3.05, 3.63) is 49.1 Å². The Balaban J connectivity index is 3.34. The van der Waals surface area contributed by atoms with Gasteiger partial charge in [-0.25, -0.2) is 0 Å². The highest BCUT2D eigenvalue weighted by atomic mass is 16.5. The third-order valence-electron chi connectivity index (χ3n) is 3.14. The molecule has 0 bridgehead atoms. The second-order valence-corrected chi connectivity index (χ2v) is 4.25. The third-order valence-corrected chi connectivity index (χ3v) is 3.14. The Morgan fingerprint density at radius 1 is 1.16 bits per heavy atom. The van der Waals surface area contributed by atoms with E-state index in [1.165, 1.54) is 0 Å². The highest BCUT2D eigenvalue weighted by molar-refractivity contribution is 5.47. The van der Waals surface area contributed by atoms with E-state index in [-0.39, 0.29) is 0 Å². The van der Waals surface area contributed by atoms with E-state index < -0.39 is 5.41 Å². The van der Waals surface area contributed by atoms with Crippen LogP contribution in [-0.2, 0) is 5.41 Å². The molecule has 0 amide bonds. The number of hydrogen-bond acceptors (Lipinski definition) is 3. The molecule has 0 saturated carbocycles. The topological polar surface area (TPSA) is 42.2 Å². The van der Waals surface area contributed by atoms with Crippen LogP contribution < -0.4 is 9.47 Å². The summed E-state index contributed by atoms with van der Waals surface area (Å²) < 4.78 is 10.5. The summed E-state index contributed by atoms with van der Waals surface area (Å²) in [5.41, 5.74) is 0.232. The number of ether oxygens (including phenoxy) is 2. The molecule has 0 N–H and O–H groups in total. The number of nitriles is 1. The Labute approximate surface area is 114 Å². The average Bonchev–Trinajstić information content (AvgIpc) is 2.46. The summed E-state index contributed by atoms with van der Waals surface area (Å²) in [6.45, 7) is 7.47. The minimum atomic E-state index is -0.650. The smallest absolute Gasteiger partial charge is 0.161 e. The predicted octanol–water partition coefficient (Wildman–Crippen LogP) is 3.62. The van der Waals surface area contributed by atoms with Crippen molar-refractivity contribution in [3.63, 3.8) is 0 Å². The number of nitrogens with zero attached hydrogens (tertiary/aromatic N) is 1. The maximum absolute atomic E-state index is 9.56. The SMILES string of the molecule is C=CCC(C#N)(CC=C)c1ccc(OC)c(OC)c1. The first kappa shape index (κ1) is 14.8. The molecule has 1 rings (SSSR count). The maximum Gasteiger partial charge on any atom is 0.161 e. The van der Waals surface area contributed by atoms with Gasteiger partial charge in [0.2, 0.25) is 0 Å². The Morgan fingerprint density at radius 2 is 1.74 bits per heavy atom. The first-order valence-corrected chi connectivity index (χ1v) is 6.03. The molecule has 19 heavy (non-hydrogen) atoms. The molecule has 0 aliphatic carbocycles. The Hall–Kier alpha value is -2.21. The van der Waals surface area contributed by atoms with Crippen molar-refractivity contribution in [3.8, 4) is 17.6 Å². The van der Waals surface area contributed by atoms with Crippen molar-refractivity contribution >= 4 is 0 Å².